The van der Waals surface area contributed by atoms with E-state index < -0.39 is 0 Å². The van der Waals surface area contributed by atoms with Gasteiger partial charge in [0.1, 0.15) is 3.57 Å². The lowest BCUT2D eigenvalue weighted by molar-refractivity contribution is 0.955. The molecule has 0 amide bonds. The third kappa shape index (κ3) is 2.15. The molecular weight excluding hydrogens is 349 g/mol. The molecule has 3 rings (SSSR count). The lowest BCUT2D eigenvalue weighted by Crippen LogP contribution is -2.15. The van der Waals surface area contributed by atoms with Gasteiger partial charge in [-0.05, 0) is 42.4 Å². The van der Waals surface area contributed by atoms with Gasteiger partial charge in [0.2, 0.25) is 0 Å². The van der Waals surface area contributed by atoms with E-state index in [9.17, 15) is 4.79 Å². The number of hydrogen-bond donors (Lipinski definition) is 1. The molecule has 17 heavy (non-hydrogen) atoms. The molecule has 88 valence electrons. The number of rotatable bonds is 2. The van der Waals surface area contributed by atoms with Gasteiger partial charge in [-0.2, -0.15) is 0 Å². The van der Waals surface area contributed by atoms with Crippen molar-refractivity contribution >= 4 is 33.9 Å². The Kier molecular flexibility index (Phi) is 2.78. The minimum Gasteiger partial charge on any atom is -0.304 e. The fourth-order valence-corrected chi connectivity index (χ4v) is 3.10. The Hall–Kier alpha value is -0.760. The van der Waals surface area contributed by atoms with E-state index in [2.05, 4.69) is 37.5 Å². The second-order valence-corrected chi connectivity index (χ2v) is 6.12. The average Bonchev–Trinajstić information content (AvgIpc) is 3.05. The number of H-pyrrole nitrogens is 1. The van der Waals surface area contributed by atoms with Gasteiger partial charge in [0.25, 0.3) is 5.56 Å². The molecule has 0 unspecified atom stereocenters. The maximum atomic E-state index is 11.8. The van der Waals surface area contributed by atoms with Crippen molar-refractivity contribution in [2.45, 2.75) is 25.7 Å². The monoisotopic (exact) mass is 359 g/mol. The van der Waals surface area contributed by atoms with E-state index >= 15 is 0 Å². The average molecular weight is 359 g/mol. The molecule has 0 atom stereocenters. The summed E-state index contributed by atoms with van der Waals surface area (Å²) in [5, 5.41) is 2.75. The van der Waals surface area contributed by atoms with Crippen molar-refractivity contribution in [2.75, 3.05) is 0 Å². The van der Waals surface area contributed by atoms with Crippen molar-refractivity contribution in [3.05, 3.63) is 30.7 Å². The van der Waals surface area contributed by atoms with Crippen LogP contribution in [0.25, 0.3) is 10.8 Å². The van der Waals surface area contributed by atoms with Gasteiger partial charge in [-0.15, -0.1) is 11.3 Å². The summed E-state index contributed by atoms with van der Waals surface area (Å²) in [5.41, 5.74) is 1.85. The number of aromatic amines is 1. The fraction of sp³-hybridized carbons (Fsp3) is 0.364. The predicted octanol–water partition coefficient (Wildman–Crippen LogP) is 2.68. The summed E-state index contributed by atoms with van der Waals surface area (Å²) in [4.78, 5) is 23.6. The molecule has 1 saturated carbocycles. The number of thiazole rings is 1. The van der Waals surface area contributed by atoms with Gasteiger partial charge >= 0.3 is 0 Å². The Bertz CT molecular complexity index is 630. The molecule has 2 aromatic heterocycles. The highest BCUT2D eigenvalue weighted by molar-refractivity contribution is 14.1. The molecule has 0 spiro atoms. The van der Waals surface area contributed by atoms with Gasteiger partial charge in [-0.25, -0.2) is 9.97 Å². The first-order valence-corrected chi connectivity index (χ1v) is 7.33. The Morgan fingerprint density at radius 2 is 2.24 bits per heavy atom. The molecule has 0 saturated heterocycles. The van der Waals surface area contributed by atoms with E-state index in [1.165, 1.54) is 11.3 Å². The van der Waals surface area contributed by atoms with Gasteiger partial charge in [0, 0.05) is 17.0 Å². The van der Waals surface area contributed by atoms with Gasteiger partial charge in [-0.3, -0.25) is 4.79 Å². The normalized spacial score (nSPS) is 15.2. The Balaban J connectivity index is 2.14. The summed E-state index contributed by atoms with van der Waals surface area (Å²) >= 11 is 3.59. The van der Waals surface area contributed by atoms with Gasteiger partial charge in [-0.1, -0.05) is 0 Å². The zero-order valence-electron chi connectivity index (χ0n) is 9.16. The van der Waals surface area contributed by atoms with Crippen LogP contribution in [0.3, 0.4) is 0 Å². The van der Waals surface area contributed by atoms with Crippen molar-refractivity contribution in [2.24, 2.45) is 0 Å². The first-order valence-electron chi connectivity index (χ1n) is 5.37. The molecule has 0 aromatic carbocycles. The molecule has 2 aromatic rings. The Morgan fingerprint density at radius 3 is 2.82 bits per heavy atom. The van der Waals surface area contributed by atoms with E-state index in [0.29, 0.717) is 11.7 Å². The molecule has 1 fully saturated rings. The summed E-state index contributed by atoms with van der Waals surface area (Å²) < 4.78 is 0.724. The summed E-state index contributed by atoms with van der Waals surface area (Å²) in [6.45, 7) is 1.94. The minimum absolute atomic E-state index is 0.0506. The largest absolute Gasteiger partial charge is 0.304 e. The van der Waals surface area contributed by atoms with Crippen molar-refractivity contribution in [1.82, 2.24) is 15.0 Å². The van der Waals surface area contributed by atoms with E-state index in [0.717, 1.165) is 32.8 Å². The molecule has 1 aliphatic carbocycles. The molecule has 0 aliphatic heterocycles. The van der Waals surface area contributed by atoms with Crippen molar-refractivity contribution in [3.8, 4) is 10.8 Å². The van der Waals surface area contributed by atoms with E-state index in [1.54, 1.807) is 0 Å². The first-order chi connectivity index (χ1) is 8.15. The number of aromatic nitrogens is 3. The topological polar surface area (TPSA) is 58.6 Å². The highest BCUT2D eigenvalue weighted by atomic mass is 127. The highest BCUT2D eigenvalue weighted by Crippen LogP contribution is 2.40. The zero-order valence-corrected chi connectivity index (χ0v) is 12.1. The highest BCUT2D eigenvalue weighted by Gasteiger charge is 2.29. The number of nitrogens with zero attached hydrogens (tertiary/aromatic N) is 2. The van der Waals surface area contributed by atoms with Crippen LogP contribution in [0.1, 0.15) is 30.1 Å². The Morgan fingerprint density at radius 1 is 1.47 bits per heavy atom. The van der Waals surface area contributed by atoms with Crippen LogP contribution in [0.15, 0.2) is 10.2 Å². The molecule has 6 heteroatoms. The number of nitrogens with one attached hydrogen (secondary N) is 1. The third-order valence-electron chi connectivity index (χ3n) is 2.67. The van der Waals surface area contributed by atoms with Crippen LogP contribution in [0.2, 0.25) is 0 Å². The molecule has 1 N–H and O–H groups in total. The minimum atomic E-state index is -0.0506. The first kappa shape index (κ1) is 11.3. The lowest BCUT2D eigenvalue weighted by Gasteiger charge is -2.03. The van der Waals surface area contributed by atoms with E-state index in [4.69, 9.17) is 0 Å². The number of aryl methyl sites for hydroxylation is 1. The molecule has 1 aliphatic rings. The van der Waals surface area contributed by atoms with Crippen LogP contribution in [0.5, 0.6) is 0 Å². The van der Waals surface area contributed by atoms with Crippen molar-refractivity contribution in [1.29, 1.82) is 0 Å². The summed E-state index contributed by atoms with van der Waals surface area (Å²) in [5.74, 6) is 1.08. The second-order valence-electron chi connectivity index (χ2n) is 4.18. The van der Waals surface area contributed by atoms with E-state index in [-0.39, 0.29) is 5.56 Å². The van der Waals surface area contributed by atoms with Gasteiger partial charge < -0.3 is 4.98 Å². The number of hydrogen-bond acceptors (Lipinski definition) is 4. The second kappa shape index (κ2) is 4.16. The lowest BCUT2D eigenvalue weighted by atomic mass is 10.3. The quantitative estimate of drug-likeness (QED) is 0.839. The van der Waals surface area contributed by atoms with Crippen LogP contribution in [0, 0.1) is 10.5 Å². The van der Waals surface area contributed by atoms with Gasteiger partial charge in [0.05, 0.1) is 5.69 Å². The SMILES string of the molecule is Cc1csc(-c2nc(C3CC3)c(I)c(=O)[nH]2)n1. The third-order valence-corrected chi connectivity index (χ3v) is 4.68. The summed E-state index contributed by atoms with van der Waals surface area (Å²) in [7, 11) is 0. The predicted molar refractivity (Wildman–Crippen MR) is 75.4 cm³/mol. The van der Waals surface area contributed by atoms with Crippen molar-refractivity contribution < 1.29 is 0 Å². The van der Waals surface area contributed by atoms with E-state index in [1.807, 2.05) is 12.3 Å². The van der Waals surface area contributed by atoms with Crippen LogP contribution < -0.4 is 5.56 Å². The van der Waals surface area contributed by atoms with Crippen LogP contribution in [0.4, 0.5) is 0 Å². The molecule has 2 heterocycles. The molecular formula is C11H10IN3OS. The Labute approximate surface area is 116 Å². The van der Waals surface area contributed by atoms with Crippen LogP contribution >= 0.6 is 33.9 Å². The standard InChI is InChI=1S/C11H10IN3OS/c1-5-4-17-11(13-5)9-14-8(6-2-3-6)7(12)10(16)15-9/h4,6H,2-3H2,1H3,(H,14,15,16). The van der Waals surface area contributed by atoms with Crippen molar-refractivity contribution in [3.63, 3.8) is 0 Å². The molecule has 0 radical (unpaired) electrons. The number of halogens is 1. The molecule has 0 bridgehead atoms. The summed E-state index contributed by atoms with van der Waals surface area (Å²) in [6.07, 6.45) is 2.28. The molecule has 4 nitrogen and oxygen atoms in total. The fourth-order valence-electron chi connectivity index (χ4n) is 1.67. The van der Waals surface area contributed by atoms with Gasteiger partial charge in [0.15, 0.2) is 10.8 Å². The van der Waals surface area contributed by atoms with Crippen LogP contribution in [-0.4, -0.2) is 15.0 Å². The summed E-state index contributed by atoms with van der Waals surface area (Å²) in [6, 6.07) is 0. The smallest absolute Gasteiger partial charge is 0.264 e. The maximum Gasteiger partial charge on any atom is 0.264 e. The maximum absolute atomic E-state index is 11.8. The van der Waals surface area contributed by atoms with Crippen LogP contribution in [-0.2, 0) is 0 Å². The zero-order chi connectivity index (χ0) is 12.0.